The van der Waals surface area contributed by atoms with Crippen LogP contribution >= 0.6 is 11.6 Å². The molecule has 6 rings (SSSR count). The number of aromatic nitrogens is 3. The molecule has 324 valence electrons. The van der Waals surface area contributed by atoms with Crippen LogP contribution in [-0.4, -0.2) is 82.4 Å². The van der Waals surface area contributed by atoms with Crippen LogP contribution in [-0.2, 0) is 50.0 Å². The largest absolute Gasteiger partial charge is 0.505 e. The zero-order chi connectivity index (χ0) is 45.7. The second kappa shape index (κ2) is 16.4. The molecule has 0 atom stereocenters. The first-order chi connectivity index (χ1) is 28.8. The van der Waals surface area contributed by atoms with Gasteiger partial charge in [0.2, 0.25) is 17.2 Å². The van der Waals surface area contributed by atoms with Gasteiger partial charge in [0.05, 0.1) is 20.4 Å². The Kier molecular flexibility index (Phi) is 12.0. The molecule has 21 nitrogen and oxygen atoms in total. The lowest BCUT2D eigenvalue weighted by molar-refractivity contribution is 0.472. The van der Waals surface area contributed by atoms with E-state index in [9.17, 15) is 60.9 Å². The number of azo groups is 1. The Labute approximate surface area is 357 Å². The minimum absolute atomic E-state index is 0.0187. The SMILES string of the molecule is C=CS(=O)(=O)c1cccc(N(CC)c2nc(Cl)nc(Nc3cc(S(=O)(=O)O)cc4cc(S(=O)(=O)O)c(/N=N\c5ccc6cc(S(=O)(=O)C=C)ccc6c5S(=O)(=O)O)c(O)c34)n2)c1. The summed E-state index contributed by atoms with van der Waals surface area (Å²) in [5.74, 6) is -1.79. The summed E-state index contributed by atoms with van der Waals surface area (Å²) < 4.78 is 156. The second-order valence-electron chi connectivity index (χ2n) is 12.6. The van der Waals surface area contributed by atoms with Gasteiger partial charge in [0.15, 0.2) is 25.4 Å². The number of hydrogen-bond donors (Lipinski definition) is 5. The fourth-order valence-electron chi connectivity index (χ4n) is 6.00. The maximum atomic E-state index is 12.7. The monoisotopic (exact) mass is 965 g/mol. The molecule has 0 amide bonds. The number of phenolic OH excluding ortho intramolecular Hbond substituents is 1. The Morgan fingerprint density at radius 2 is 1.37 bits per heavy atom. The number of nitrogens with one attached hydrogen (secondary N) is 1. The predicted molar refractivity (Wildman–Crippen MR) is 225 cm³/mol. The Hall–Kier alpha value is -5.97. The first kappa shape index (κ1) is 45.6. The molecule has 0 aliphatic heterocycles. The lowest BCUT2D eigenvalue weighted by Gasteiger charge is -2.22. The zero-order valence-electron chi connectivity index (χ0n) is 31.2. The van der Waals surface area contributed by atoms with Crippen molar-refractivity contribution in [1.29, 1.82) is 0 Å². The highest BCUT2D eigenvalue weighted by Gasteiger charge is 2.28. The number of nitrogens with zero attached hydrogens (tertiary/aromatic N) is 6. The summed E-state index contributed by atoms with van der Waals surface area (Å²) >= 11 is 6.26. The molecule has 6 aromatic rings. The Morgan fingerprint density at radius 1 is 0.726 bits per heavy atom. The molecule has 0 saturated heterocycles. The van der Waals surface area contributed by atoms with E-state index < -0.39 is 110 Å². The lowest BCUT2D eigenvalue weighted by atomic mass is 10.1. The summed E-state index contributed by atoms with van der Waals surface area (Å²) in [4.78, 5) is 10.4. The molecule has 5 aromatic carbocycles. The summed E-state index contributed by atoms with van der Waals surface area (Å²) in [6.45, 7) is 8.33. The fraction of sp³-hybridized carbons (Fsp3) is 0.0571. The number of phenols is 1. The van der Waals surface area contributed by atoms with Gasteiger partial charge < -0.3 is 15.3 Å². The molecular weight excluding hydrogens is 938 g/mol. The van der Waals surface area contributed by atoms with Crippen LogP contribution in [0.4, 0.5) is 34.6 Å². The molecule has 0 spiro atoms. The van der Waals surface area contributed by atoms with E-state index in [2.05, 4.69) is 43.7 Å². The van der Waals surface area contributed by atoms with Crippen LogP contribution in [0, 0.1) is 0 Å². The summed E-state index contributed by atoms with van der Waals surface area (Å²) in [7, 11) is -23.6. The van der Waals surface area contributed by atoms with E-state index >= 15 is 0 Å². The van der Waals surface area contributed by atoms with Gasteiger partial charge in [-0.25, -0.2) is 16.8 Å². The molecule has 0 radical (unpaired) electrons. The summed E-state index contributed by atoms with van der Waals surface area (Å²) in [6, 6.07) is 13.0. The zero-order valence-corrected chi connectivity index (χ0v) is 36.0. The molecule has 0 bridgehead atoms. The van der Waals surface area contributed by atoms with Crippen molar-refractivity contribution in [3.8, 4) is 5.75 Å². The molecule has 0 unspecified atom stereocenters. The van der Waals surface area contributed by atoms with Gasteiger partial charge in [-0.05, 0) is 83.9 Å². The van der Waals surface area contributed by atoms with Crippen molar-refractivity contribution in [2.45, 2.75) is 31.4 Å². The Bertz CT molecular complexity index is 3520. The van der Waals surface area contributed by atoms with Gasteiger partial charge in [-0.3, -0.25) is 13.7 Å². The number of fused-ring (bicyclic) bond motifs is 2. The number of hydrogen-bond acceptors (Lipinski definition) is 18. The molecule has 27 heteroatoms. The number of anilines is 4. The van der Waals surface area contributed by atoms with Crippen molar-refractivity contribution in [3.63, 3.8) is 0 Å². The van der Waals surface area contributed by atoms with Gasteiger partial charge in [0, 0.05) is 33.8 Å². The lowest BCUT2D eigenvalue weighted by Crippen LogP contribution is -2.20. The first-order valence-corrected chi connectivity index (χ1v) is 24.6. The van der Waals surface area contributed by atoms with E-state index in [1.54, 1.807) is 6.92 Å². The summed E-state index contributed by atoms with van der Waals surface area (Å²) in [5, 5.41) is 21.5. The number of sulfone groups is 2. The maximum Gasteiger partial charge on any atom is 0.297 e. The Morgan fingerprint density at radius 3 is 1.97 bits per heavy atom. The van der Waals surface area contributed by atoms with Crippen molar-refractivity contribution < 1.29 is 60.9 Å². The molecule has 0 aliphatic carbocycles. The van der Waals surface area contributed by atoms with Crippen LogP contribution in [0.25, 0.3) is 21.5 Å². The predicted octanol–water partition coefficient (Wildman–Crippen LogP) is 6.43. The number of halogens is 1. The normalized spacial score (nSPS) is 12.8. The standard InChI is InChI=1S/C35H28ClN7O14S5/c1-4-43(21-8-7-9-22(17-21)58(45,46)5-2)35-39-33(36)38-34(40-35)37-27-18-24(60(49,50)51)15-20-16-28(61(52,53)54)30(31(44)29(20)27)42-41-26-13-10-19-14-23(59(47,48)6-3)11-12-25(19)32(26)62(55,56)57/h5-18,44H,2-4H2,1H3,(H,49,50,51)(H,52,53,54)(H,55,56,57)(H,37,38,39,40)/b42-41-. The van der Waals surface area contributed by atoms with E-state index in [0.717, 1.165) is 41.8 Å². The van der Waals surface area contributed by atoms with Crippen LogP contribution in [0.2, 0.25) is 5.28 Å². The third-order valence-corrected chi connectivity index (χ3v) is 14.3. The quantitative estimate of drug-likeness (QED) is 0.0580. The van der Waals surface area contributed by atoms with E-state index in [0.29, 0.717) is 11.5 Å². The molecule has 0 fully saturated rings. The smallest absolute Gasteiger partial charge is 0.297 e. The van der Waals surface area contributed by atoms with Crippen LogP contribution < -0.4 is 10.2 Å². The van der Waals surface area contributed by atoms with Crippen molar-refractivity contribution in [2.75, 3.05) is 16.8 Å². The van der Waals surface area contributed by atoms with Crippen molar-refractivity contribution in [1.82, 2.24) is 15.0 Å². The minimum Gasteiger partial charge on any atom is -0.505 e. The van der Waals surface area contributed by atoms with Crippen molar-refractivity contribution in [3.05, 3.63) is 102 Å². The molecule has 1 heterocycles. The van der Waals surface area contributed by atoms with Gasteiger partial charge in [0.25, 0.3) is 30.4 Å². The topological polar surface area (TPSA) is 330 Å². The highest BCUT2D eigenvalue weighted by Crippen LogP contribution is 2.46. The minimum atomic E-state index is -5.41. The number of aromatic hydroxyl groups is 1. The highest BCUT2D eigenvalue weighted by atomic mass is 35.5. The number of benzene rings is 5. The van der Waals surface area contributed by atoms with Gasteiger partial charge >= 0.3 is 0 Å². The maximum absolute atomic E-state index is 12.7. The van der Waals surface area contributed by atoms with Gasteiger partial charge in [-0.15, -0.1) is 10.2 Å². The van der Waals surface area contributed by atoms with E-state index in [1.165, 1.54) is 35.2 Å². The van der Waals surface area contributed by atoms with Gasteiger partial charge in [-0.1, -0.05) is 31.4 Å². The van der Waals surface area contributed by atoms with Crippen LogP contribution in [0.1, 0.15) is 6.92 Å². The van der Waals surface area contributed by atoms with Crippen LogP contribution in [0.15, 0.2) is 131 Å². The Balaban J connectivity index is 1.56. The van der Waals surface area contributed by atoms with Gasteiger partial charge in [0.1, 0.15) is 21.2 Å². The second-order valence-corrected chi connectivity index (χ2v) is 20.9. The average Bonchev–Trinajstić information content (AvgIpc) is 3.18. The number of rotatable bonds is 14. The third-order valence-electron chi connectivity index (χ3n) is 8.76. The molecule has 1 aromatic heterocycles. The van der Waals surface area contributed by atoms with E-state index in [4.69, 9.17) is 11.6 Å². The van der Waals surface area contributed by atoms with E-state index in [1.807, 2.05) is 0 Å². The third kappa shape index (κ3) is 9.13. The van der Waals surface area contributed by atoms with Crippen LogP contribution in [0.3, 0.4) is 0 Å². The van der Waals surface area contributed by atoms with Crippen molar-refractivity contribution in [2.24, 2.45) is 10.2 Å². The molecule has 0 aliphatic rings. The fourth-order valence-corrected chi connectivity index (χ4v) is 9.68. The van der Waals surface area contributed by atoms with E-state index in [-0.39, 0.29) is 38.7 Å². The highest BCUT2D eigenvalue weighted by molar-refractivity contribution is 7.94. The molecule has 0 saturated carbocycles. The molecular formula is C35H28ClN7O14S5. The molecule has 62 heavy (non-hydrogen) atoms. The first-order valence-electron chi connectivity index (χ1n) is 16.8. The summed E-state index contributed by atoms with van der Waals surface area (Å²) in [6.07, 6.45) is 0. The average molecular weight is 966 g/mol. The molecule has 5 N–H and O–H groups in total. The van der Waals surface area contributed by atoms with Crippen molar-refractivity contribution >= 4 is 118 Å². The summed E-state index contributed by atoms with van der Waals surface area (Å²) in [5.41, 5.74) is -1.93. The van der Waals surface area contributed by atoms with Gasteiger partial charge in [-0.2, -0.15) is 40.2 Å². The van der Waals surface area contributed by atoms with Crippen LogP contribution in [0.5, 0.6) is 5.75 Å².